The van der Waals surface area contributed by atoms with E-state index in [1.54, 1.807) is 11.8 Å². The highest BCUT2D eigenvalue weighted by atomic mass is 32.2. The number of para-hydroxylation sites is 3. The highest BCUT2D eigenvalue weighted by Crippen LogP contribution is 2.39. The van der Waals surface area contributed by atoms with E-state index in [1.165, 1.54) is 11.3 Å². The Kier molecular flexibility index (Phi) is 2.84. The third kappa shape index (κ3) is 1.71. The van der Waals surface area contributed by atoms with Gasteiger partial charge in [0.05, 0.1) is 17.1 Å². The number of fused-ring (bicyclic) bond motifs is 2. The third-order valence-corrected chi connectivity index (χ3v) is 3.85. The Bertz CT molecular complexity index is 619. The first kappa shape index (κ1) is 11.4. The van der Waals surface area contributed by atoms with Crippen LogP contribution in [0.15, 0.2) is 53.5 Å². The zero-order valence-corrected chi connectivity index (χ0v) is 11.2. The molecular formula is C15H14N2S. The van der Waals surface area contributed by atoms with Crippen LogP contribution in [0.5, 0.6) is 0 Å². The number of aliphatic imine (C=N–C) groups is 1. The lowest BCUT2D eigenvalue weighted by Gasteiger charge is -2.21. The van der Waals surface area contributed by atoms with Crippen LogP contribution in [0.1, 0.15) is 5.56 Å². The van der Waals surface area contributed by atoms with Crippen LogP contribution in [-0.2, 0) is 0 Å². The van der Waals surface area contributed by atoms with Gasteiger partial charge in [0.15, 0.2) is 0 Å². The molecule has 1 heterocycles. The van der Waals surface area contributed by atoms with Gasteiger partial charge in [-0.1, -0.05) is 30.3 Å². The molecule has 1 aliphatic rings. The van der Waals surface area contributed by atoms with Crippen LogP contribution in [0.4, 0.5) is 17.1 Å². The van der Waals surface area contributed by atoms with E-state index in [9.17, 15) is 0 Å². The molecule has 0 saturated heterocycles. The first-order chi connectivity index (χ1) is 8.81. The molecule has 3 heteroatoms. The summed E-state index contributed by atoms with van der Waals surface area (Å²) in [6.07, 6.45) is 2.07. The van der Waals surface area contributed by atoms with Crippen molar-refractivity contribution in [2.24, 2.45) is 4.99 Å². The van der Waals surface area contributed by atoms with Crippen molar-refractivity contribution in [1.82, 2.24) is 0 Å². The molecule has 2 nitrogen and oxygen atoms in total. The Morgan fingerprint density at radius 1 is 0.944 bits per heavy atom. The molecule has 0 unspecified atom stereocenters. The number of hydrogen-bond acceptors (Lipinski definition) is 3. The molecule has 0 aliphatic carbocycles. The molecule has 0 saturated carbocycles. The number of rotatable bonds is 0. The average molecular weight is 254 g/mol. The van der Waals surface area contributed by atoms with Gasteiger partial charge in [-0.05, 0) is 24.5 Å². The molecule has 0 spiro atoms. The Balaban J connectivity index is 2.31. The summed E-state index contributed by atoms with van der Waals surface area (Å²) in [5.74, 6) is 0. The highest BCUT2D eigenvalue weighted by Gasteiger charge is 2.19. The Hall–Kier alpha value is -1.74. The summed E-state index contributed by atoms with van der Waals surface area (Å²) in [6.45, 7) is 0. The molecule has 2 aromatic rings. The fourth-order valence-corrected chi connectivity index (χ4v) is 2.83. The third-order valence-electron chi connectivity index (χ3n) is 3.15. The van der Waals surface area contributed by atoms with E-state index in [-0.39, 0.29) is 0 Å². The number of anilines is 2. The standard InChI is InChI=1S/C15H14N2S/c1-17-13-9-5-3-7-11(13)15(18-2)16-12-8-4-6-10-14(12)17/h3-10H,1-2H3. The summed E-state index contributed by atoms with van der Waals surface area (Å²) < 4.78 is 0. The summed E-state index contributed by atoms with van der Waals surface area (Å²) in [5.41, 5.74) is 4.58. The second-order valence-electron chi connectivity index (χ2n) is 4.19. The van der Waals surface area contributed by atoms with Gasteiger partial charge in [0.2, 0.25) is 0 Å². The summed E-state index contributed by atoms with van der Waals surface area (Å²) in [6, 6.07) is 16.7. The summed E-state index contributed by atoms with van der Waals surface area (Å²) >= 11 is 1.69. The average Bonchev–Trinajstić information content (AvgIpc) is 2.55. The van der Waals surface area contributed by atoms with Crippen molar-refractivity contribution < 1.29 is 0 Å². The monoisotopic (exact) mass is 254 g/mol. The van der Waals surface area contributed by atoms with Crippen molar-refractivity contribution in [3.8, 4) is 0 Å². The molecule has 1 aliphatic heterocycles. The van der Waals surface area contributed by atoms with Crippen LogP contribution >= 0.6 is 11.8 Å². The largest absolute Gasteiger partial charge is 0.342 e. The van der Waals surface area contributed by atoms with Gasteiger partial charge < -0.3 is 4.90 Å². The second kappa shape index (κ2) is 4.50. The second-order valence-corrected chi connectivity index (χ2v) is 4.98. The van der Waals surface area contributed by atoms with Gasteiger partial charge >= 0.3 is 0 Å². The quantitative estimate of drug-likeness (QED) is 0.700. The topological polar surface area (TPSA) is 15.6 Å². The van der Waals surface area contributed by atoms with Crippen LogP contribution in [0.3, 0.4) is 0 Å². The summed E-state index contributed by atoms with van der Waals surface area (Å²) in [5, 5.41) is 1.07. The molecule has 0 radical (unpaired) electrons. The molecule has 90 valence electrons. The fraction of sp³-hybridized carbons (Fsp3) is 0.133. The predicted molar refractivity (Wildman–Crippen MR) is 80.7 cm³/mol. The lowest BCUT2D eigenvalue weighted by Crippen LogP contribution is -2.11. The Morgan fingerprint density at radius 3 is 2.39 bits per heavy atom. The van der Waals surface area contributed by atoms with Crippen molar-refractivity contribution in [2.75, 3.05) is 18.2 Å². The maximum atomic E-state index is 4.79. The molecule has 3 rings (SSSR count). The highest BCUT2D eigenvalue weighted by molar-refractivity contribution is 8.13. The SMILES string of the molecule is CSC1=Nc2ccccc2N(C)c2ccccc21. The maximum absolute atomic E-state index is 4.79. The van der Waals surface area contributed by atoms with Crippen molar-refractivity contribution in [2.45, 2.75) is 0 Å². The van der Waals surface area contributed by atoms with Gasteiger partial charge in [-0.25, -0.2) is 4.99 Å². The van der Waals surface area contributed by atoms with Crippen LogP contribution in [-0.4, -0.2) is 18.3 Å². The molecule has 0 bridgehead atoms. The van der Waals surface area contributed by atoms with E-state index in [2.05, 4.69) is 60.7 Å². The smallest absolute Gasteiger partial charge is 0.106 e. The number of benzene rings is 2. The molecular weight excluding hydrogens is 240 g/mol. The number of nitrogens with zero attached hydrogens (tertiary/aromatic N) is 2. The van der Waals surface area contributed by atoms with Crippen LogP contribution in [0, 0.1) is 0 Å². The van der Waals surface area contributed by atoms with Gasteiger partial charge in [0.1, 0.15) is 5.04 Å². The van der Waals surface area contributed by atoms with Crippen molar-refractivity contribution in [1.29, 1.82) is 0 Å². The van der Waals surface area contributed by atoms with E-state index in [0.717, 1.165) is 16.4 Å². The Morgan fingerprint density at radius 2 is 1.61 bits per heavy atom. The summed E-state index contributed by atoms with van der Waals surface area (Å²) in [7, 11) is 2.09. The van der Waals surface area contributed by atoms with E-state index in [0.29, 0.717) is 0 Å². The van der Waals surface area contributed by atoms with Crippen molar-refractivity contribution >= 4 is 33.9 Å². The van der Waals surface area contributed by atoms with Gasteiger partial charge in [0.25, 0.3) is 0 Å². The molecule has 0 amide bonds. The normalized spacial score (nSPS) is 13.4. The molecule has 2 aromatic carbocycles. The minimum absolute atomic E-state index is 1.03. The minimum Gasteiger partial charge on any atom is -0.342 e. The lowest BCUT2D eigenvalue weighted by molar-refractivity contribution is 1.21. The van der Waals surface area contributed by atoms with Gasteiger partial charge in [-0.2, -0.15) is 0 Å². The first-order valence-corrected chi connectivity index (χ1v) is 7.08. The van der Waals surface area contributed by atoms with Crippen LogP contribution in [0.25, 0.3) is 0 Å². The van der Waals surface area contributed by atoms with Crippen molar-refractivity contribution in [3.05, 3.63) is 54.1 Å². The minimum atomic E-state index is 1.03. The van der Waals surface area contributed by atoms with Crippen LogP contribution < -0.4 is 4.90 Å². The van der Waals surface area contributed by atoms with Gasteiger partial charge in [0, 0.05) is 12.6 Å². The van der Waals surface area contributed by atoms with Gasteiger partial charge in [-0.15, -0.1) is 11.8 Å². The summed E-state index contributed by atoms with van der Waals surface area (Å²) in [4.78, 5) is 6.99. The molecule has 0 fully saturated rings. The van der Waals surface area contributed by atoms with Crippen molar-refractivity contribution in [3.63, 3.8) is 0 Å². The fourth-order valence-electron chi connectivity index (χ4n) is 2.24. The first-order valence-electron chi connectivity index (χ1n) is 5.86. The number of thioether (sulfide) groups is 1. The maximum Gasteiger partial charge on any atom is 0.106 e. The van der Waals surface area contributed by atoms with E-state index >= 15 is 0 Å². The molecule has 0 atom stereocenters. The van der Waals surface area contributed by atoms with Crippen LogP contribution in [0.2, 0.25) is 0 Å². The van der Waals surface area contributed by atoms with E-state index in [4.69, 9.17) is 4.99 Å². The number of hydrogen-bond donors (Lipinski definition) is 0. The lowest BCUT2D eigenvalue weighted by atomic mass is 10.1. The molecule has 18 heavy (non-hydrogen) atoms. The van der Waals surface area contributed by atoms with E-state index in [1.807, 2.05) is 6.07 Å². The Labute approximate surface area is 111 Å². The molecule has 0 N–H and O–H groups in total. The predicted octanol–water partition coefficient (Wildman–Crippen LogP) is 4.21. The zero-order valence-electron chi connectivity index (χ0n) is 10.4. The zero-order chi connectivity index (χ0) is 12.5. The molecule has 0 aromatic heterocycles. The van der Waals surface area contributed by atoms with E-state index < -0.39 is 0 Å². The van der Waals surface area contributed by atoms with Gasteiger partial charge in [-0.3, -0.25) is 0 Å².